The lowest BCUT2D eigenvalue weighted by Gasteiger charge is -2.03. The number of rotatable bonds is 3. The molecule has 84 valence electrons. The Morgan fingerprint density at radius 1 is 1.31 bits per heavy atom. The number of hydrogen-bond donors (Lipinski definition) is 1. The van der Waals surface area contributed by atoms with Gasteiger partial charge in [0, 0.05) is 12.7 Å². The van der Waals surface area contributed by atoms with E-state index in [1.165, 1.54) is 5.56 Å². The van der Waals surface area contributed by atoms with E-state index in [2.05, 4.69) is 22.5 Å². The molecular weight excluding hydrogens is 222 g/mol. The van der Waals surface area contributed by atoms with E-state index >= 15 is 0 Å². The van der Waals surface area contributed by atoms with Crippen LogP contribution in [0.4, 0.5) is 0 Å². The smallest absolute Gasteiger partial charge is 0.0819 e. The summed E-state index contributed by atoms with van der Waals surface area (Å²) in [5.74, 6) is 0. The number of aromatic nitrogens is 2. The predicted molar refractivity (Wildman–Crippen MR) is 66.1 cm³/mol. The molecule has 0 amide bonds. The molecule has 2 aromatic rings. The Morgan fingerprint density at radius 3 is 2.50 bits per heavy atom. The molecule has 0 aliphatic rings. The SMILES string of the molecule is CNCc1ccc(-n2cc(Cl)c(C)n2)cc1. The van der Waals surface area contributed by atoms with Gasteiger partial charge in [-0.25, -0.2) is 4.68 Å². The third kappa shape index (κ3) is 2.26. The minimum absolute atomic E-state index is 0.694. The third-order valence-electron chi connectivity index (χ3n) is 2.42. The van der Waals surface area contributed by atoms with Gasteiger partial charge in [0.05, 0.1) is 16.4 Å². The average Bonchev–Trinajstić information content (AvgIpc) is 2.61. The molecule has 0 unspecified atom stereocenters. The highest BCUT2D eigenvalue weighted by Crippen LogP contribution is 2.16. The zero-order valence-electron chi connectivity index (χ0n) is 9.37. The summed E-state index contributed by atoms with van der Waals surface area (Å²) in [6.45, 7) is 2.77. The molecule has 0 aliphatic carbocycles. The molecule has 1 aromatic heterocycles. The fourth-order valence-electron chi connectivity index (χ4n) is 1.54. The maximum absolute atomic E-state index is 5.97. The molecule has 0 fully saturated rings. The summed E-state index contributed by atoms with van der Waals surface area (Å²) < 4.78 is 1.79. The number of aryl methyl sites for hydroxylation is 1. The van der Waals surface area contributed by atoms with Crippen molar-refractivity contribution in [2.24, 2.45) is 0 Å². The molecule has 0 saturated carbocycles. The minimum atomic E-state index is 0.694. The van der Waals surface area contributed by atoms with E-state index in [-0.39, 0.29) is 0 Å². The number of nitrogens with zero attached hydrogens (tertiary/aromatic N) is 2. The molecule has 16 heavy (non-hydrogen) atoms. The van der Waals surface area contributed by atoms with E-state index in [1.807, 2.05) is 32.3 Å². The molecule has 4 heteroatoms. The van der Waals surface area contributed by atoms with E-state index in [4.69, 9.17) is 11.6 Å². The van der Waals surface area contributed by atoms with Crippen molar-refractivity contribution in [3.63, 3.8) is 0 Å². The summed E-state index contributed by atoms with van der Waals surface area (Å²) in [6, 6.07) is 8.23. The topological polar surface area (TPSA) is 29.9 Å². The number of hydrogen-bond acceptors (Lipinski definition) is 2. The maximum atomic E-state index is 5.97. The third-order valence-corrected chi connectivity index (χ3v) is 2.79. The van der Waals surface area contributed by atoms with Crippen molar-refractivity contribution in [3.05, 3.63) is 46.7 Å². The van der Waals surface area contributed by atoms with Gasteiger partial charge in [-0.05, 0) is 31.7 Å². The van der Waals surface area contributed by atoms with Gasteiger partial charge in [-0.2, -0.15) is 5.10 Å². The van der Waals surface area contributed by atoms with Crippen molar-refractivity contribution in [1.82, 2.24) is 15.1 Å². The summed E-state index contributed by atoms with van der Waals surface area (Å²) in [6.07, 6.45) is 1.82. The Morgan fingerprint density at radius 2 is 2.00 bits per heavy atom. The molecule has 0 bridgehead atoms. The molecule has 1 heterocycles. The first-order valence-electron chi connectivity index (χ1n) is 5.16. The van der Waals surface area contributed by atoms with Crippen LogP contribution in [-0.4, -0.2) is 16.8 Å². The van der Waals surface area contributed by atoms with E-state index in [0.717, 1.165) is 17.9 Å². The van der Waals surface area contributed by atoms with Crippen molar-refractivity contribution in [2.45, 2.75) is 13.5 Å². The summed E-state index contributed by atoms with van der Waals surface area (Å²) in [5.41, 5.74) is 3.12. The lowest BCUT2D eigenvalue weighted by Crippen LogP contribution is -2.05. The Balaban J connectivity index is 2.27. The van der Waals surface area contributed by atoms with Crippen LogP contribution < -0.4 is 5.32 Å². The first-order chi connectivity index (χ1) is 7.70. The van der Waals surface area contributed by atoms with Crippen LogP contribution in [0.5, 0.6) is 0 Å². The first kappa shape index (κ1) is 11.2. The zero-order chi connectivity index (χ0) is 11.5. The largest absolute Gasteiger partial charge is 0.316 e. The highest BCUT2D eigenvalue weighted by Gasteiger charge is 2.03. The van der Waals surface area contributed by atoms with Crippen molar-refractivity contribution < 1.29 is 0 Å². The van der Waals surface area contributed by atoms with E-state index in [0.29, 0.717) is 5.02 Å². The average molecular weight is 236 g/mol. The second-order valence-corrected chi connectivity index (χ2v) is 4.11. The van der Waals surface area contributed by atoms with Crippen LogP contribution in [0, 0.1) is 6.92 Å². The van der Waals surface area contributed by atoms with Gasteiger partial charge >= 0.3 is 0 Å². The van der Waals surface area contributed by atoms with Gasteiger partial charge in [-0.15, -0.1) is 0 Å². The minimum Gasteiger partial charge on any atom is -0.316 e. The number of nitrogens with one attached hydrogen (secondary N) is 1. The van der Waals surface area contributed by atoms with Gasteiger partial charge in [-0.3, -0.25) is 0 Å². The Kier molecular flexibility index (Phi) is 3.27. The first-order valence-corrected chi connectivity index (χ1v) is 5.54. The molecule has 0 radical (unpaired) electrons. The highest BCUT2D eigenvalue weighted by atomic mass is 35.5. The van der Waals surface area contributed by atoms with Crippen molar-refractivity contribution in [1.29, 1.82) is 0 Å². The van der Waals surface area contributed by atoms with Crippen LogP contribution in [-0.2, 0) is 6.54 Å². The fourth-order valence-corrected chi connectivity index (χ4v) is 1.67. The van der Waals surface area contributed by atoms with E-state index in [9.17, 15) is 0 Å². The molecule has 0 spiro atoms. The van der Waals surface area contributed by atoms with Crippen LogP contribution in [0.3, 0.4) is 0 Å². The van der Waals surface area contributed by atoms with Gasteiger partial charge in [0.2, 0.25) is 0 Å². The monoisotopic (exact) mass is 235 g/mol. The second-order valence-electron chi connectivity index (χ2n) is 3.70. The second kappa shape index (κ2) is 4.68. The maximum Gasteiger partial charge on any atom is 0.0819 e. The normalized spacial score (nSPS) is 10.7. The highest BCUT2D eigenvalue weighted by molar-refractivity contribution is 6.31. The van der Waals surface area contributed by atoms with Crippen molar-refractivity contribution >= 4 is 11.6 Å². The van der Waals surface area contributed by atoms with Crippen LogP contribution in [0.25, 0.3) is 5.69 Å². The van der Waals surface area contributed by atoms with Crippen LogP contribution >= 0.6 is 11.6 Å². The molecule has 1 N–H and O–H groups in total. The Hall–Kier alpha value is -1.32. The lowest BCUT2D eigenvalue weighted by atomic mass is 10.2. The Bertz CT molecular complexity index is 454. The van der Waals surface area contributed by atoms with Gasteiger partial charge in [0.1, 0.15) is 0 Å². The van der Waals surface area contributed by atoms with Gasteiger partial charge in [0.25, 0.3) is 0 Å². The van der Waals surface area contributed by atoms with Gasteiger partial charge in [0.15, 0.2) is 0 Å². The lowest BCUT2D eigenvalue weighted by molar-refractivity contribution is 0.814. The van der Waals surface area contributed by atoms with E-state index < -0.39 is 0 Å². The molecule has 1 aromatic carbocycles. The summed E-state index contributed by atoms with van der Waals surface area (Å²) in [7, 11) is 1.94. The zero-order valence-corrected chi connectivity index (χ0v) is 10.1. The molecule has 2 rings (SSSR count). The quantitative estimate of drug-likeness (QED) is 0.886. The Labute approximate surface area is 100 Å². The van der Waals surface area contributed by atoms with Crippen molar-refractivity contribution in [2.75, 3.05) is 7.05 Å². The van der Waals surface area contributed by atoms with Gasteiger partial charge < -0.3 is 5.32 Å². The molecule has 3 nitrogen and oxygen atoms in total. The molecule has 0 atom stereocenters. The molecule has 0 aliphatic heterocycles. The summed E-state index contributed by atoms with van der Waals surface area (Å²) in [4.78, 5) is 0. The fraction of sp³-hybridized carbons (Fsp3) is 0.250. The van der Waals surface area contributed by atoms with Crippen molar-refractivity contribution in [3.8, 4) is 5.69 Å². The van der Waals surface area contributed by atoms with E-state index in [1.54, 1.807) is 4.68 Å². The number of halogens is 1. The standard InChI is InChI=1S/C12H14ClN3/c1-9-12(13)8-16(15-9)11-5-3-10(4-6-11)7-14-2/h3-6,8,14H,7H2,1-2H3. The van der Waals surface area contributed by atoms with Gasteiger partial charge in [-0.1, -0.05) is 23.7 Å². The van der Waals surface area contributed by atoms with Crippen LogP contribution in [0.15, 0.2) is 30.5 Å². The summed E-state index contributed by atoms with van der Waals surface area (Å²) >= 11 is 5.97. The summed E-state index contributed by atoms with van der Waals surface area (Å²) in [5, 5.41) is 8.13. The molecular formula is C12H14ClN3. The van der Waals surface area contributed by atoms with Crippen LogP contribution in [0.1, 0.15) is 11.3 Å². The number of benzene rings is 1. The van der Waals surface area contributed by atoms with Crippen LogP contribution in [0.2, 0.25) is 5.02 Å². The predicted octanol–water partition coefficient (Wildman–Crippen LogP) is 2.55. The molecule has 0 saturated heterocycles.